The smallest absolute Gasteiger partial charge is 0.181 e. The minimum Gasteiger partial charge on any atom is -0.248 e. The SMILES string of the molecule is c1ccc(-c2ccc3ccc4ccc(-c5ccc(-c6ccc7ccc(-c8ccc9ccc(-c%10ncncn%10)nc9c8)nc7c6)c6ccccc56)nc4c3n2)cc1. The van der Waals surface area contributed by atoms with E-state index in [2.05, 4.69) is 148 Å². The predicted molar refractivity (Wildman–Crippen MR) is 226 cm³/mol. The molecule has 0 aliphatic rings. The molecule has 11 aromatic rings. The molecule has 0 saturated heterocycles. The normalized spacial score (nSPS) is 11.6. The van der Waals surface area contributed by atoms with Crippen LogP contribution in [0.1, 0.15) is 0 Å². The Hall–Kier alpha value is -7.77. The molecule has 0 saturated carbocycles. The lowest BCUT2D eigenvalue weighted by Gasteiger charge is -2.13. The van der Waals surface area contributed by atoms with E-state index >= 15 is 0 Å². The second-order valence-electron chi connectivity index (χ2n) is 13.8. The lowest BCUT2D eigenvalue weighted by atomic mass is 9.93. The molecule has 260 valence electrons. The van der Waals surface area contributed by atoms with Crippen molar-refractivity contribution in [3.05, 3.63) is 176 Å². The highest BCUT2D eigenvalue weighted by molar-refractivity contribution is 6.08. The van der Waals surface area contributed by atoms with Crippen LogP contribution in [0, 0.1) is 0 Å². The fourth-order valence-corrected chi connectivity index (χ4v) is 7.68. The van der Waals surface area contributed by atoms with E-state index in [1.807, 2.05) is 30.3 Å². The van der Waals surface area contributed by atoms with Gasteiger partial charge in [0.15, 0.2) is 5.82 Å². The fraction of sp³-hybridized carbons (Fsp3) is 0. The van der Waals surface area contributed by atoms with Crippen LogP contribution in [0.5, 0.6) is 0 Å². The van der Waals surface area contributed by atoms with Crippen molar-refractivity contribution in [1.29, 1.82) is 0 Å². The molecular formula is C49H29N7. The van der Waals surface area contributed by atoms with E-state index in [-0.39, 0.29) is 0 Å². The van der Waals surface area contributed by atoms with Crippen molar-refractivity contribution >= 4 is 54.4 Å². The van der Waals surface area contributed by atoms with E-state index < -0.39 is 0 Å². The molecule has 0 N–H and O–H groups in total. The Morgan fingerprint density at radius 2 is 0.821 bits per heavy atom. The van der Waals surface area contributed by atoms with Gasteiger partial charge in [-0.25, -0.2) is 34.9 Å². The largest absolute Gasteiger partial charge is 0.248 e. The lowest BCUT2D eigenvalue weighted by Crippen LogP contribution is -1.93. The third kappa shape index (κ3) is 5.49. The Balaban J connectivity index is 0.985. The van der Waals surface area contributed by atoms with E-state index in [0.717, 1.165) is 99.3 Å². The minimum atomic E-state index is 0.543. The topological polar surface area (TPSA) is 90.2 Å². The van der Waals surface area contributed by atoms with Gasteiger partial charge in [-0.1, -0.05) is 127 Å². The number of pyridine rings is 4. The average Bonchev–Trinajstić information content (AvgIpc) is 3.28. The summed E-state index contributed by atoms with van der Waals surface area (Å²) < 4.78 is 0. The molecule has 0 unspecified atom stereocenters. The van der Waals surface area contributed by atoms with Gasteiger partial charge in [0.25, 0.3) is 0 Å². The van der Waals surface area contributed by atoms with Crippen LogP contribution in [0.25, 0.3) is 111 Å². The molecular weight excluding hydrogens is 687 g/mol. The van der Waals surface area contributed by atoms with Gasteiger partial charge in [0.05, 0.1) is 39.1 Å². The molecule has 7 heteroatoms. The maximum Gasteiger partial charge on any atom is 0.181 e. The zero-order valence-electron chi connectivity index (χ0n) is 29.9. The van der Waals surface area contributed by atoms with E-state index in [1.165, 1.54) is 12.7 Å². The Kier molecular flexibility index (Phi) is 7.35. The monoisotopic (exact) mass is 715 g/mol. The number of nitrogens with zero attached hydrogens (tertiary/aromatic N) is 7. The Morgan fingerprint density at radius 3 is 1.55 bits per heavy atom. The molecule has 0 aliphatic carbocycles. The quantitative estimate of drug-likeness (QED) is 0.164. The molecule has 11 rings (SSSR count). The first-order chi connectivity index (χ1) is 27.7. The van der Waals surface area contributed by atoms with Crippen LogP contribution in [-0.2, 0) is 0 Å². The summed E-state index contributed by atoms with van der Waals surface area (Å²) >= 11 is 0. The van der Waals surface area contributed by atoms with Crippen molar-refractivity contribution < 1.29 is 0 Å². The van der Waals surface area contributed by atoms with Crippen LogP contribution in [0.15, 0.2) is 176 Å². The molecule has 0 fully saturated rings. The summed E-state index contributed by atoms with van der Waals surface area (Å²) in [5.74, 6) is 0.543. The van der Waals surface area contributed by atoms with Gasteiger partial charge in [0.1, 0.15) is 18.3 Å². The van der Waals surface area contributed by atoms with Gasteiger partial charge in [0, 0.05) is 38.2 Å². The summed E-state index contributed by atoms with van der Waals surface area (Å²) in [6.07, 6.45) is 2.97. The van der Waals surface area contributed by atoms with E-state index in [9.17, 15) is 0 Å². The van der Waals surface area contributed by atoms with Gasteiger partial charge in [-0.2, -0.15) is 0 Å². The molecule has 56 heavy (non-hydrogen) atoms. The van der Waals surface area contributed by atoms with Gasteiger partial charge in [-0.3, -0.25) is 0 Å². The first-order valence-corrected chi connectivity index (χ1v) is 18.4. The fourth-order valence-electron chi connectivity index (χ4n) is 7.68. The Labute approximate surface area is 321 Å². The van der Waals surface area contributed by atoms with E-state index in [0.29, 0.717) is 11.5 Å². The van der Waals surface area contributed by atoms with Crippen molar-refractivity contribution in [3.63, 3.8) is 0 Å². The van der Waals surface area contributed by atoms with Crippen LogP contribution in [0.2, 0.25) is 0 Å². The average molecular weight is 716 g/mol. The standard InChI is InChI=1S/C49H29N7/c1-2-6-30(7-3-1)41-23-18-33-12-13-34-19-24-43(56-48(34)47(33)55-41)40-21-20-37(38-8-4-5-9-39(38)40)35-14-10-31-16-22-42(53-45(31)26-35)36-15-11-32-17-25-44(54-46(32)27-36)49-51-28-50-29-52-49/h1-29H. The second kappa shape index (κ2) is 13.0. The summed E-state index contributed by atoms with van der Waals surface area (Å²) in [5.41, 5.74) is 12.4. The maximum absolute atomic E-state index is 5.29. The number of fused-ring (bicyclic) bond motifs is 6. The first kappa shape index (κ1) is 31.7. The van der Waals surface area contributed by atoms with Crippen LogP contribution in [0.3, 0.4) is 0 Å². The second-order valence-corrected chi connectivity index (χ2v) is 13.8. The molecule has 5 aromatic heterocycles. The molecule has 0 aliphatic heterocycles. The van der Waals surface area contributed by atoms with Gasteiger partial charge in [0.2, 0.25) is 0 Å². The zero-order chi connectivity index (χ0) is 37.0. The van der Waals surface area contributed by atoms with Gasteiger partial charge in [-0.05, 0) is 58.3 Å². The highest BCUT2D eigenvalue weighted by Gasteiger charge is 2.14. The maximum atomic E-state index is 5.29. The summed E-state index contributed by atoms with van der Waals surface area (Å²) in [5, 5.41) is 6.53. The molecule has 0 bridgehead atoms. The van der Waals surface area contributed by atoms with Gasteiger partial charge < -0.3 is 0 Å². The molecule has 6 aromatic carbocycles. The predicted octanol–water partition coefficient (Wildman–Crippen LogP) is 11.6. The molecule has 0 amide bonds. The molecule has 0 atom stereocenters. The highest BCUT2D eigenvalue weighted by Crippen LogP contribution is 2.38. The summed E-state index contributed by atoms with van der Waals surface area (Å²) in [6.45, 7) is 0. The Bertz CT molecular complexity index is 3310. The third-order valence-corrected chi connectivity index (χ3v) is 10.5. The third-order valence-electron chi connectivity index (χ3n) is 10.5. The number of benzene rings is 6. The number of hydrogen-bond donors (Lipinski definition) is 0. The minimum absolute atomic E-state index is 0.543. The molecule has 0 spiro atoms. The lowest BCUT2D eigenvalue weighted by molar-refractivity contribution is 1.05. The van der Waals surface area contributed by atoms with Crippen LogP contribution in [0.4, 0.5) is 0 Å². The van der Waals surface area contributed by atoms with Crippen molar-refractivity contribution in [1.82, 2.24) is 34.9 Å². The Morgan fingerprint density at radius 1 is 0.321 bits per heavy atom. The van der Waals surface area contributed by atoms with E-state index in [4.69, 9.17) is 19.9 Å². The van der Waals surface area contributed by atoms with Crippen molar-refractivity contribution in [2.24, 2.45) is 0 Å². The molecule has 5 heterocycles. The van der Waals surface area contributed by atoms with Gasteiger partial charge >= 0.3 is 0 Å². The van der Waals surface area contributed by atoms with Crippen molar-refractivity contribution in [2.45, 2.75) is 0 Å². The van der Waals surface area contributed by atoms with Crippen LogP contribution < -0.4 is 0 Å². The zero-order valence-corrected chi connectivity index (χ0v) is 29.9. The van der Waals surface area contributed by atoms with Crippen molar-refractivity contribution in [3.8, 4) is 56.4 Å². The highest BCUT2D eigenvalue weighted by atomic mass is 15.0. The van der Waals surface area contributed by atoms with E-state index in [1.54, 1.807) is 0 Å². The van der Waals surface area contributed by atoms with Crippen LogP contribution >= 0.6 is 0 Å². The summed E-state index contributed by atoms with van der Waals surface area (Å²) in [6, 6.07) is 57.0. The van der Waals surface area contributed by atoms with Gasteiger partial charge in [-0.15, -0.1) is 0 Å². The number of aromatic nitrogens is 7. The van der Waals surface area contributed by atoms with Crippen molar-refractivity contribution in [2.75, 3.05) is 0 Å². The van der Waals surface area contributed by atoms with Crippen LogP contribution in [-0.4, -0.2) is 34.9 Å². The molecule has 7 nitrogen and oxygen atoms in total. The number of rotatable bonds is 5. The molecule has 0 radical (unpaired) electrons. The number of hydrogen-bond acceptors (Lipinski definition) is 7. The summed E-state index contributed by atoms with van der Waals surface area (Å²) in [4.78, 5) is 32.9. The summed E-state index contributed by atoms with van der Waals surface area (Å²) in [7, 11) is 0. The first-order valence-electron chi connectivity index (χ1n) is 18.4.